The van der Waals surface area contributed by atoms with Gasteiger partial charge in [-0.15, -0.1) is 0 Å². The summed E-state index contributed by atoms with van der Waals surface area (Å²) in [4.78, 5) is 10.4. The van der Waals surface area contributed by atoms with Crippen molar-refractivity contribution in [2.24, 2.45) is 11.8 Å². The van der Waals surface area contributed by atoms with Gasteiger partial charge >= 0.3 is 5.97 Å². The van der Waals surface area contributed by atoms with Crippen molar-refractivity contribution in [3.8, 4) is 0 Å². The Morgan fingerprint density at radius 2 is 2.00 bits per heavy atom. The van der Waals surface area contributed by atoms with Gasteiger partial charge in [0.15, 0.2) is 0 Å². The van der Waals surface area contributed by atoms with Gasteiger partial charge in [0.2, 0.25) is 0 Å². The molecule has 0 saturated carbocycles. The predicted molar refractivity (Wildman–Crippen MR) is 38.6 cm³/mol. The molecule has 1 atom stereocenters. The van der Waals surface area contributed by atoms with E-state index in [1.54, 1.807) is 6.92 Å². The molecular formula is C8H10O2. The number of carboxylic acid groups (broad SMARTS) is 1. The van der Waals surface area contributed by atoms with E-state index in [2.05, 4.69) is 0 Å². The lowest BCUT2D eigenvalue weighted by Crippen LogP contribution is -2.16. The van der Waals surface area contributed by atoms with Gasteiger partial charge in [-0.1, -0.05) is 31.2 Å². The third-order valence-electron chi connectivity index (χ3n) is 1.74. The SMILES string of the molecule is CC(C(=O)O)C1C=CC=C1. The summed E-state index contributed by atoms with van der Waals surface area (Å²) in [5, 5.41) is 8.57. The first-order chi connectivity index (χ1) is 4.72. The fourth-order valence-corrected chi connectivity index (χ4v) is 0.947. The van der Waals surface area contributed by atoms with E-state index in [0.717, 1.165) is 0 Å². The molecule has 0 aromatic rings. The number of carbonyl (C=O) groups is 1. The highest BCUT2D eigenvalue weighted by Gasteiger charge is 2.19. The lowest BCUT2D eigenvalue weighted by atomic mass is 9.96. The van der Waals surface area contributed by atoms with E-state index in [9.17, 15) is 4.79 Å². The molecule has 0 aliphatic heterocycles. The summed E-state index contributed by atoms with van der Waals surface area (Å²) in [5.74, 6) is -0.936. The van der Waals surface area contributed by atoms with E-state index >= 15 is 0 Å². The number of hydrogen-bond acceptors (Lipinski definition) is 1. The Morgan fingerprint density at radius 1 is 1.50 bits per heavy atom. The number of rotatable bonds is 2. The second-order valence-corrected chi connectivity index (χ2v) is 2.47. The Hall–Kier alpha value is -1.05. The van der Waals surface area contributed by atoms with Crippen LogP contribution in [0.15, 0.2) is 24.3 Å². The number of aliphatic carboxylic acids is 1. The number of carboxylic acids is 1. The van der Waals surface area contributed by atoms with Crippen LogP contribution < -0.4 is 0 Å². The van der Waals surface area contributed by atoms with Gasteiger partial charge in [0.1, 0.15) is 0 Å². The van der Waals surface area contributed by atoms with Gasteiger partial charge in [0.25, 0.3) is 0 Å². The topological polar surface area (TPSA) is 37.3 Å². The summed E-state index contributed by atoms with van der Waals surface area (Å²) >= 11 is 0. The second-order valence-electron chi connectivity index (χ2n) is 2.47. The molecular weight excluding hydrogens is 128 g/mol. The van der Waals surface area contributed by atoms with Gasteiger partial charge in [0.05, 0.1) is 5.92 Å². The molecule has 1 rings (SSSR count). The van der Waals surface area contributed by atoms with E-state index in [4.69, 9.17) is 5.11 Å². The standard InChI is InChI=1S/C8H10O2/c1-6(8(9)10)7-4-2-3-5-7/h2-7H,1H3,(H,9,10). The minimum Gasteiger partial charge on any atom is -0.481 e. The van der Waals surface area contributed by atoms with Crippen molar-refractivity contribution >= 4 is 5.97 Å². The third kappa shape index (κ3) is 1.26. The summed E-state index contributed by atoms with van der Waals surface area (Å²) in [6.07, 6.45) is 7.56. The van der Waals surface area contributed by atoms with E-state index < -0.39 is 5.97 Å². The van der Waals surface area contributed by atoms with Gasteiger partial charge in [-0.3, -0.25) is 4.79 Å². The van der Waals surface area contributed by atoms with Crippen molar-refractivity contribution < 1.29 is 9.90 Å². The van der Waals surface area contributed by atoms with E-state index in [0.29, 0.717) is 0 Å². The molecule has 1 unspecified atom stereocenters. The molecule has 0 saturated heterocycles. The fourth-order valence-electron chi connectivity index (χ4n) is 0.947. The Balaban J connectivity index is 2.57. The van der Waals surface area contributed by atoms with Crippen molar-refractivity contribution in [2.45, 2.75) is 6.92 Å². The Kier molecular flexibility index (Phi) is 1.90. The van der Waals surface area contributed by atoms with Gasteiger partial charge in [-0.05, 0) is 0 Å². The van der Waals surface area contributed by atoms with Gasteiger partial charge in [0, 0.05) is 5.92 Å². The molecule has 54 valence electrons. The monoisotopic (exact) mass is 138 g/mol. The largest absolute Gasteiger partial charge is 0.481 e. The van der Waals surface area contributed by atoms with Crippen molar-refractivity contribution in [3.63, 3.8) is 0 Å². The van der Waals surface area contributed by atoms with Crippen LogP contribution in [0.3, 0.4) is 0 Å². The summed E-state index contributed by atoms with van der Waals surface area (Å²) in [6, 6.07) is 0. The summed E-state index contributed by atoms with van der Waals surface area (Å²) in [5.41, 5.74) is 0. The zero-order valence-corrected chi connectivity index (χ0v) is 5.82. The number of allylic oxidation sites excluding steroid dienone is 4. The van der Waals surface area contributed by atoms with Gasteiger partial charge < -0.3 is 5.11 Å². The van der Waals surface area contributed by atoms with Crippen molar-refractivity contribution in [1.82, 2.24) is 0 Å². The highest BCUT2D eigenvalue weighted by atomic mass is 16.4. The highest BCUT2D eigenvalue weighted by molar-refractivity contribution is 5.70. The summed E-state index contributed by atoms with van der Waals surface area (Å²) < 4.78 is 0. The minimum absolute atomic E-state index is 0.0949. The van der Waals surface area contributed by atoms with Crippen LogP contribution in [0, 0.1) is 11.8 Å². The molecule has 1 N–H and O–H groups in total. The molecule has 0 fully saturated rings. The molecule has 10 heavy (non-hydrogen) atoms. The smallest absolute Gasteiger partial charge is 0.307 e. The van der Waals surface area contributed by atoms with Crippen LogP contribution >= 0.6 is 0 Å². The van der Waals surface area contributed by atoms with Crippen molar-refractivity contribution in [1.29, 1.82) is 0 Å². The Bertz CT molecular complexity index is 179. The van der Waals surface area contributed by atoms with Gasteiger partial charge in [-0.2, -0.15) is 0 Å². The normalized spacial score (nSPS) is 19.7. The lowest BCUT2D eigenvalue weighted by Gasteiger charge is -2.08. The maximum Gasteiger partial charge on any atom is 0.307 e. The molecule has 1 aliphatic rings. The number of hydrogen-bond donors (Lipinski definition) is 1. The molecule has 1 aliphatic carbocycles. The minimum atomic E-state index is -0.735. The summed E-state index contributed by atoms with van der Waals surface area (Å²) in [7, 11) is 0. The first-order valence-electron chi connectivity index (χ1n) is 3.29. The molecule has 2 nitrogen and oxygen atoms in total. The van der Waals surface area contributed by atoms with E-state index in [-0.39, 0.29) is 11.8 Å². The summed E-state index contributed by atoms with van der Waals surface area (Å²) in [6.45, 7) is 1.72. The molecule has 0 aromatic carbocycles. The molecule has 0 bridgehead atoms. The molecule has 2 heteroatoms. The molecule has 0 radical (unpaired) electrons. The molecule has 0 aromatic heterocycles. The van der Waals surface area contributed by atoms with Crippen molar-refractivity contribution in [3.05, 3.63) is 24.3 Å². The van der Waals surface area contributed by atoms with Crippen LogP contribution in [0.5, 0.6) is 0 Å². The van der Waals surface area contributed by atoms with Crippen LogP contribution in [-0.2, 0) is 4.79 Å². The zero-order valence-electron chi connectivity index (χ0n) is 5.82. The third-order valence-corrected chi connectivity index (χ3v) is 1.74. The fraction of sp³-hybridized carbons (Fsp3) is 0.375. The first-order valence-corrected chi connectivity index (χ1v) is 3.29. The van der Waals surface area contributed by atoms with Crippen LogP contribution in [0.4, 0.5) is 0 Å². The maximum absolute atomic E-state index is 10.4. The van der Waals surface area contributed by atoms with Crippen LogP contribution in [0.2, 0.25) is 0 Å². The zero-order chi connectivity index (χ0) is 7.56. The molecule has 0 spiro atoms. The molecule has 0 amide bonds. The average molecular weight is 138 g/mol. The van der Waals surface area contributed by atoms with Crippen molar-refractivity contribution in [2.75, 3.05) is 0 Å². The predicted octanol–water partition coefficient (Wildman–Crippen LogP) is 1.45. The molecule has 0 heterocycles. The average Bonchev–Trinajstić information content (AvgIpc) is 2.36. The quantitative estimate of drug-likeness (QED) is 0.627. The second kappa shape index (κ2) is 2.69. The van der Waals surface area contributed by atoms with E-state index in [1.807, 2.05) is 24.3 Å². The maximum atomic E-state index is 10.4. The lowest BCUT2D eigenvalue weighted by molar-refractivity contribution is -0.141. The Labute approximate surface area is 59.9 Å². The first kappa shape index (κ1) is 7.06. The van der Waals surface area contributed by atoms with Crippen LogP contribution in [-0.4, -0.2) is 11.1 Å². The van der Waals surface area contributed by atoms with Crippen LogP contribution in [0.25, 0.3) is 0 Å². The Morgan fingerprint density at radius 3 is 2.40 bits per heavy atom. The highest BCUT2D eigenvalue weighted by Crippen LogP contribution is 2.18. The van der Waals surface area contributed by atoms with E-state index in [1.165, 1.54) is 0 Å². The van der Waals surface area contributed by atoms with Gasteiger partial charge in [-0.25, -0.2) is 0 Å². The van der Waals surface area contributed by atoms with Crippen LogP contribution in [0.1, 0.15) is 6.92 Å².